The van der Waals surface area contributed by atoms with Gasteiger partial charge in [0.1, 0.15) is 11.1 Å². The Hall–Kier alpha value is -2.66. The predicted octanol–water partition coefficient (Wildman–Crippen LogP) is 4.38. The molecule has 0 atom stereocenters. The second kappa shape index (κ2) is 9.43. The molecule has 1 amide bonds. The smallest absolute Gasteiger partial charge is 0.276 e. The van der Waals surface area contributed by atoms with Crippen molar-refractivity contribution in [2.45, 2.75) is 39.9 Å². The first-order valence-electron chi connectivity index (χ1n) is 9.75. The quantitative estimate of drug-likeness (QED) is 0.637. The minimum atomic E-state index is -0.267. The van der Waals surface area contributed by atoms with Crippen LogP contribution in [-0.2, 0) is 26.1 Å². The molecule has 0 aliphatic carbocycles. The first-order chi connectivity index (χ1) is 14.1. The van der Waals surface area contributed by atoms with Crippen LogP contribution in [-0.4, -0.2) is 27.1 Å². The number of hydrogen-bond acceptors (Lipinski definition) is 5. The zero-order valence-electron chi connectivity index (χ0n) is 17.0. The molecular formula is C22H24ClN5OS. The zero-order valence-corrected chi connectivity index (χ0v) is 18.6. The van der Waals surface area contributed by atoms with Crippen molar-refractivity contribution in [3.05, 3.63) is 69.4 Å². The number of nitrogens with zero attached hydrogens (tertiary/aromatic N) is 4. The number of rotatable bonds is 5. The summed E-state index contributed by atoms with van der Waals surface area (Å²) in [6, 6.07) is 14.5. The molecule has 0 saturated heterocycles. The molecule has 0 fully saturated rings. The summed E-state index contributed by atoms with van der Waals surface area (Å²) in [5.74, 6) is -0.267. The van der Waals surface area contributed by atoms with Crippen LogP contribution in [0.3, 0.4) is 0 Å². The van der Waals surface area contributed by atoms with Crippen molar-refractivity contribution < 1.29 is 4.79 Å². The number of hydrogen-bond donors (Lipinski definition) is 1. The number of fused-ring (bicyclic) bond motifs is 1. The van der Waals surface area contributed by atoms with E-state index in [1.54, 1.807) is 10.7 Å². The van der Waals surface area contributed by atoms with Crippen LogP contribution in [0.2, 0.25) is 0 Å². The number of aryl methyl sites for hydroxylation is 2. The molecule has 30 heavy (non-hydrogen) atoms. The highest BCUT2D eigenvalue weighted by Crippen LogP contribution is 2.37. The van der Waals surface area contributed by atoms with Crippen LogP contribution >= 0.6 is 23.7 Å². The topological polar surface area (TPSA) is 74.0 Å². The monoisotopic (exact) mass is 441 g/mol. The van der Waals surface area contributed by atoms with Gasteiger partial charge in [0.05, 0.1) is 5.56 Å². The summed E-state index contributed by atoms with van der Waals surface area (Å²) in [4.78, 5) is 16.2. The third-order valence-corrected chi connectivity index (χ3v) is 6.37. The summed E-state index contributed by atoms with van der Waals surface area (Å²) in [6.07, 6.45) is 0.820. The molecule has 1 aliphatic heterocycles. The molecule has 1 N–H and O–H groups in total. The average molecular weight is 442 g/mol. The lowest BCUT2D eigenvalue weighted by molar-refractivity contribution is 0.102. The molecule has 3 aromatic rings. The Morgan fingerprint density at radius 1 is 1.33 bits per heavy atom. The lowest BCUT2D eigenvalue weighted by Crippen LogP contribution is -2.29. The number of nitriles is 1. The number of aromatic nitrogens is 2. The summed E-state index contributed by atoms with van der Waals surface area (Å²) < 4.78 is 1.79. The van der Waals surface area contributed by atoms with E-state index in [0.29, 0.717) is 22.8 Å². The van der Waals surface area contributed by atoms with Gasteiger partial charge in [0.15, 0.2) is 5.69 Å². The highest BCUT2D eigenvalue weighted by Gasteiger charge is 2.26. The van der Waals surface area contributed by atoms with Gasteiger partial charge in [-0.25, -0.2) is 0 Å². The Morgan fingerprint density at radius 3 is 2.77 bits per heavy atom. The molecule has 0 bridgehead atoms. The molecule has 6 nitrogen and oxygen atoms in total. The molecule has 4 rings (SSSR count). The van der Waals surface area contributed by atoms with Crippen molar-refractivity contribution in [3.8, 4) is 6.07 Å². The summed E-state index contributed by atoms with van der Waals surface area (Å²) in [7, 11) is 0. The van der Waals surface area contributed by atoms with Gasteiger partial charge in [-0.15, -0.1) is 23.7 Å². The number of thiophene rings is 1. The molecule has 1 aromatic carbocycles. The van der Waals surface area contributed by atoms with Gasteiger partial charge in [-0.1, -0.05) is 30.3 Å². The van der Waals surface area contributed by atoms with Crippen molar-refractivity contribution >= 4 is 34.7 Å². The second-order valence-corrected chi connectivity index (χ2v) is 8.31. The lowest BCUT2D eigenvalue weighted by atomic mass is 10.0. The van der Waals surface area contributed by atoms with Crippen LogP contribution in [0.1, 0.15) is 44.7 Å². The summed E-state index contributed by atoms with van der Waals surface area (Å²) >= 11 is 1.51. The third kappa shape index (κ3) is 4.41. The van der Waals surface area contributed by atoms with Crippen molar-refractivity contribution in [1.29, 1.82) is 5.26 Å². The van der Waals surface area contributed by atoms with E-state index in [1.165, 1.54) is 16.9 Å². The van der Waals surface area contributed by atoms with Crippen LogP contribution in [0, 0.1) is 18.3 Å². The molecule has 2 aromatic heterocycles. The van der Waals surface area contributed by atoms with E-state index in [0.717, 1.165) is 42.2 Å². The van der Waals surface area contributed by atoms with Crippen molar-refractivity contribution in [1.82, 2.24) is 14.7 Å². The maximum Gasteiger partial charge on any atom is 0.276 e. The Kier molecular flexibility index (Phi) is 6.93. The highest BCUT2D eigenvalue weighted by molar-refractivity contribution is 7.16. The molecule has 1 aliphatic rings. The fourth-order valence-electron chi connectivity index (χ4n) is 3.75. The minimum absolute atomic E-state index is 0. The van der Waals surface area contributed by atoms with E-state index in [1.807, 2.05) is 19.9 Å². The summed E-state index contributed by atoms with van der Waals surface area (Å²) in [5.41, 5.74) is 4.28. The number of carbonyl (C=O) groups excluding carboxylic acids is 1. The van der Waals surface area contributed by atoms with Crippen molar-refractivity contribution in [2.75, 3.05) is 11.9 Å². The van der Waals surface area contributed by atoms with Gasteiger partial charge in [-0.3, -0.25) is 14.4 Å². The number of carbonyl (C=O) groups is 1. The standard InChI is InChI=1S/C22H23N5OS.ClH/c1-3-27-15(2)11-19(25-27)21(28)24-22-18(12-23)17-9-10-26(14-20(17)29-22)13-16-7-5-4-6-8-16;/h4-8,11H,3,9-10,13-14H2,1-2H3,(H,24,28);1H. The number of halogens is 1. The molecule has 0 radical (unpaired) electrons. The minimum Gasteiger partial charge on any atom is -0.311 e. The van der Waals surface area contributed by atoms with Crippen LogP contribution in [0.4, 0.5) is 5.00 Å². The maximum atomic E-state index is 12.7. The Morgan fingerprint density at radius 2 is 2.10 bits per heavy atom. The van der Waals surface area contributed by atoms with Gasteiger partial charge in [0.25, 0.3) is 5.91 Å². The van der Waals surface area contributed by atoms with E-state index in [4.69, 9.17) is 0 Å². The summed E-state index contributed by atoms with van der Waals surface area (Å²) in [5, 5.41) is 17.6. The highest BCUT2D eigenvalue weighted by atomic mass is 35.5. The van der Waals surface area contributed by atoms with E-state index >= 15 is 0 Å². The van der Waals surface area contributed by atoms with Crippen molar-refractivity contribution in [2.24, 2.45) is 0 Å². The zero-order chi connectivity index (χ0) is 20.4. The average Bonchev–Trinajstić information content (AvgIpc) is 3.27. The van der Waals surface area contributed by atoms with Gasteiger partial charge >= 0.3 is 0 Å². The molecular weight excluding hydrogens is 418 g/mol. The number of nitrogens with one attached hydrogen (secondary N) is 1. The number of anilines is 1. The van der Waals surface area contributed by atoms with E-state index in [-0.39, 0.29) is 18.3 Å². The first-order valence-corrected chi connectivity index (χ1v) is 10.6. The molecule has 8 heteroatoms. The normalized spacial score (nSPS) is 13.2. The molecule has 156 valence electrons. The summed E-state index contributed by atoms with van der Waals surface area (Å²) in [6.45, 7) is 7.22. The molecule has 3 heterocycles. The van der Waals surface area contributed by atoms with Crippen LogP contribution in [0.25, 0.3) is 0 Å². The lowest BCUT2D eigenvalue weighted by Gasteiger charge is -2.26. The third-order valence-electron chi connectivity index (χ3n) is 5.24. The van der Waals surface area contributed by atoms with E-state index < -0.39 is 0 Å². The Labute approximate surface area is 186 Å². The van der Waals surface area contributed by atoms with Gasteiger partial charge in [-0.2, -0.15) is 10.4 Å². The Bertz CT molecular complexity index is 1080. The largest absolute Gasteiger partial charge is 0.311 e. The number of amides is 1. The van der Waals surface area contributed by atoms with Gasteiger partial charge in [-0.05, 0) is 37.5 Å². The van der Waals surface area contributed by atoms with Gasteiger partial charge in [0.2, 0.25) is 0 Å². The first kappa shape index (κ1) is 22.0. The van der Waals surface area contributed by atoms with E-state index in [9.17, 15) is 10.1 Å². The maximum absolute atomic E-state index is 12.7. The fraction of sp³-hybridized carbons (Fsp3) is 0.318. The molecule has 0 spiro atoms. The van der Waals surface area contributed by atoms with Crippen LogP contribution in [0.5, 0.6) is 0 Å². The second-order valence-electron chi connectivity index (χ2n) is 7.21. The van der Waals surface area contributed by atoms with Gasteiger partial charge < -0.3 is 5.32 Å². The number of benzene rings is 1. The van der Waals surface area contributed by atoms with Crippen LogP contribution in [0.15, 0.2) is 36.4 Å². The Balaban J connectivity index is 0.00000256. The SMILES string of the molecule is CCn1nc(C(=O)Nc2sc3c(c2C#N)CCN(Cc2ccccc2)C3)cc1C.Cl. The van der Waals surface area contributed by atoms with Gasteiger partial charge in [0, 0.05) is 36.8 Å². The predicted molar refractivity (Wildman–Crippen MR) is 121 cm³/mol. The van der Waals surface area contributed by atoms with Crippen LogP contribution < -0.4 is 5.32 Å². The molecule has 0 saturated carbocycles. The fourth-order valence-corrected chi connectivity index (χ4v) is 4.98. The van der Waals surface area contributed by atoms with E-state index in [2.05, 4.69) is 45.7 Å². The molecule has 0 unspecified atom stereocenters. The van der Waals surface area contributed by atoms with Crippen molar-refractivity contribution in [3.63, 3.8) is 0 Å².